The van der Waals surface area contributed by atoms with Gasteiger partial charge in [0, 0.05) is 43.2 Å². The van der Waals surface area contributed by atoms with E-state index in [1.807, 2.05) is 33.8 Å². The molecule has 2 aromatic heterocycles. The molecule has 1 unspecified atom stereocenters. The van der Waals surface area contributed by atoms with E-state index in [1.165, 1.54) is 0 Å². The number of pyridine rings is 1. The van der Waals surface area contributed by atoms with Gasteiger partial charge in [0.25, 0.3) is 0 Å². The van der Waals surface area contributed by atoms with Gasteiger partial charge in [-0.1, -0.05) is 6.92 Å². The van der Waals surface area contributed by atoms with Crippen molar-refractivity contribution in [3.63, 3.8) is 0 Å². The summed E-state index contributed by atoms with van der Waals surface area (Å²) in [4.78, 5) is 42.2. The van der Waals surface area contributed by atoms with Crippen LogP contribution in [0.15, 0.2) is 24.7 Å². The number of fused-ring (bicyclic) bond motifs is 1. The minimum Gasteiger partial charge on any atom is -0.444 e. The molecule has 0 aliphatic carbocycles. The largest absolute Gasteiger partial charge is 0.444 e. The summed E-state index contributed by atoms with van der Waals surface area (Å²) >= 11 is 0. The Morgan fingerprint density at radius 2 is 2.00 bits per heavy atom. The number of nitrogens with zero attached hydrogens (tertiary/aromatic N) is 5. The van der Waals surface area contributed by atoms with E-state index in [0.717, 1.165) is 16.9 Å². The van der Waals surface area contributed by atoms with Gasteiger partial charge >= 0.3 is 6.09 Å². The molecule has 0 spiro atoms. The lowest BCUT2D eigenvalue weighted by Crippen LogP contribution is -2.54. The van der Waals surface area contributed by atoms with Crippen molar-refractivity contribution in [2.24, 2.45) is 0 Å². The average Bonchev–Trinajstić information content (AvgIpc) is 2.73. The fourth-order valence-corrected chi connectivity index (χ4v) is 3.78. The molecule has 9 nitrogen and oxygen atoms in total. The highest BCUT2D eigenvalue weighted by atomic mass is 16.6. The third-order valence-corrected chi connectivity index (χ3v) is 5.22. The van der Waals surface area contributed by atoms with Gasteiger partial charge in [0.15, 0.2) is 11.6 Å². The lowest BCUT2D eigenvalue weighted by molar-refractivity contribution is -0.120. The molecule has 0 saturated carbocycles. The summed E-state index contributed by atoms with van der Waals surface area (Å²) < 4.78 is 5.32. The number of nitrogens with one attached hydrogen (secondary N) is 1. The Kier molecular flexibility index (Phi) is 6.66. The number of carbonyl (C=O) groups excluding carboxylic acids is 2. The lowest BCUT2D eigenvalue weighted by Gasteiger charge is -2.42. The number of ether oxygens (including phenoxy) is 1. The van der Waals surface area contributed by atoms with E-state index >= 15 is 0 Å². The van der Waals surface area contributed by atoms with Gasteiger partial charge in [-0.2, -0.15) is 0 Å². The molecule has 32 heavy (non-hydrogen) atoms. The number of alkyl carbamates (subject to hydrolysis) is 1. The molecule has 3 heterocycles. The quantitative estimate of drug-likeness (QED) is 0.759. The predicted molar refractivity (Wildman–Crippen MR) is 123 cm³/mol. The van der Waals surface area contributed by atoms with Crippen LogP contribution in [0, 0.1) is 0 Å². The van der Waals surface area contributed by atoms with Crippen LogP contribution < -0.4 is 15.1 Å². The number of carbonyl (C=O) groups is 2. The van der Waals surface area contributed by atoms with Crippen LogP contribution in [0.4, 0.5) is 16.3 Å². The van der Waals surface area contributed by atoms with Crippen LogP contribution in [0.3, 0.4) is 0 Å². The Morgan fingerprint density at radius 1 is 1.28 bits per heavy atom. The molecular formula is C23H32N6O3. The SMILES string of the molecule is CCC1C(=O)N(C)c2cnc(-c3ccncc3CNC(=O)OC(C)(C)C)nc2N1C(C)C. The Balaban J connectivity index is 1.96. The second-order valence-corrected chi connectivity index (χ2v) is 9.11. The third-order valence-electron chi connectivity index (χ3n) is 5.22. The maximum atomic E-state index is 12.9. The van der Waals surface area contributed by atoms with E-state index in [0.29, 0.717) is 17.9 Å². The Bertz CT molecular complexity index is 1000. The van der Waals surface area contributed by atoms with Crippen molar-refractivity contribution >= 4 is 23.5 Å². The number of hydrogen-bond donors (Lipinski definition) is 1. The molecule has 1 N–H and O–H groups in total. The summed E-state index contributed by atoms with van der Waals surface area (Å²) in [5, 5.41) is 2.76. The van der Waals surface area contributed by atoms with Gasteiger partial charge < -0.3 is 19.9 Å². The maximum absolute atomic E-state index is 12.9. The van der Waals surface area contributed by atoms with Crippen LogP contribution in [0.1, 0.15) is 53.5 Å². The first-order chi connectivity index (χ1) is 15.0. The molecule has 1 aliphatic heterocycles. The number of anilines is 2. The Labute approximate surface area is 189 Å². The summed E-state index contributed by atoms with van der Waals surface area (Å²) in [6, 6.07) is 1.63. The summed E-state index contributed by atoms with van der Waals surface area (Å²) in [5.41, 5.74) is 1.62. The number of amides is 2. The second-order valence-electron chi connectivity index (χ2n) is 9.11. The standard InChI is InChI=1S/C23H32N6O3/c1-8-17-21(30)28(7)18-13-25-19(27-20(18)29(17)14(2)3)16-9-10-24-11-15(16)12-26-22(31)32-23(4,5)6/h9-11,13-14,17H,8,12H2,1-7H3,(H,26,31). The van der Waals surface area contributed by atoms with Crippen LogP contribution in [-0.2, 0) is 16.1 Å². The molecule has 9 heteroatoms. The third kappa shape index (κ3) is 4.81. The Hall–Kier alpha value is -3.23. The molecule has 2 aromatic rings. The highest BCUT2D eigenvalue weighted by Gasteiger charge is 2.38. The van der Waals surface area contributed by atoms with Gasteiger partial charge in [0.05, 0.1) is 6.20 Å². The summed E-state index contributed by atoms with van der Waals surface area (Å²) in [7, 11) is 1.76. The lowest BCUT2D eigenvalue weighted by atomic mass is 10.0. The highest BCUT2D eigenvalue weighted by molar-refractivity contribution is 6.04. The van der Waals surface area contributed by atoms with E-state index in [9.17, 15) is 9.59 Å². The van der Waals surface area contributed by atoms with E-state index in [2.05, 4.69) is 34.0 Å². The normalized spacial score (nSPS) is 16.2. The van der Waals surface area contributed by atoms with Crippen molar-refractivity contribution in [3.8, 4) is 11.4 Å². The van der Waals surface area contributed by atoms with Crippen LogP contribution in [0.5, 0.6) is 0 Å². The number of hydrogen-bond acceptors (Lipinski definition) is 7. The van der Waals surface area contributed by atoms with Crippen molar-refractivity contribution in [1.82, 2.24) is 20.3 Å². The zero-order valence-corrected chi connectivity index (χ0v) is 19.8. The van der Waals surface area contributed by atoms with Crippen molar-refractivity contribution in [2.45, 2.75) is 72.2 Å². The van der Waals surface area contributed by atoms with Crippen molar-refractivity contribution < 1.29 is 14.3 Å². The molecule has 3 rings (SSSR count). The topological polar surface area (TPSA) is 101 Å². The molecule has 0 saturated heterocycles. The van der Waals surface area contributed by atoms with Gasteiger partial charge in [0.2, 0.25) is 5.91 Å². The zero-order valence-electron chi connectivity index (χ0n) is 19.8. The zero-order chi connectivity index (χ0) is 23.6. The Morgan fingerprint density at radius 3 is 2.62 bits per heavy atom. The van der Waals surface area contributed by atoms with Crippen LogP contribution in [0.25, 0.3) is 11.4 Å². The van der Waals surface area contributed by atoms with Gasteiger partial charge in [-0.3, -0.25) is 9.78 Å². The minimum atomic E-state index is -0.580. The van der Waals surface area contributed by atoms with Gasteiger partial charge in [-0.05, 0) is 47.1 Å². The smallest absolute Gasteiger partial charge is 0.407 e. The molecule has 0 radical (unpaired) electrons. The molecule has 172 valence electrons. The van der Waals surface area contributed by atoms with Crippen molar-refractivity contribution in [3.05, 3.63) is 30.2 Å². The van der Waals surface area contributed by atoms with Crippen LogP contribution in [-0.4, -0.2) is 51.7 Å². The average molecular weight is 441 g/mol. The van der Waals surface area contributed by atoms with Gasteiger partial charge in [0.1, 0.15) is 17.3 Å². The minimum absolute atomic E-state index is 0.0382. The molecule has 0 aromatic carbocycles. The van der Waals surface area contributed by atoms with E-state index in [1.54, 1.807) is 30.5 Å². The molecule has 1 atom stereocenters. The first-order valence-corrected chi connectivity index (χ1v) is 10.9. The highest BCUT2D eigenvalue weighted by Crippen LogP contribution is 2.37. The molecular weight excluding hydrogens is 408 g/mol. The van der Waals surface area contributed by atoms with Gasteiger partial charge in [-0.25, -0.2) is 14.8 Å². The monoisotopic (exact) mass is 440 g/mol. The van der Waals surface area contributed by atoms with Crippen molar-refractivity contribution in [2.75, 3.05) is 16.8 Å². The summed E-state index contributed by atoms with van der Waals surface area (Å²) in [5.74, 6) is 1.27. The van der Waals surface area contributed by atoms with E-state index in [4.69, 9.17) is 9.72 Å². The number of rotatable bonds is 5. The molecule has 2 amide bonds. The van der Waals surface area contributed by atoms with Gasteiger partial charge in [-0.15, -0.1) is 0 Å². The first-order valence-electron chi connectivity index (χ1n) is 10.9. The summed E-state index contributed by atoms with van der Waals surface area (Å²) in [6.45, 7) is 11.8. The molecule has 1 aliphatic rings. The first kappa shape index (κ1) is 23.4. The fourth-order valence-electron chi connectivity index (χ4n) is 3.78. The molecule has 0 fully saturated rings. The maximum Gasteiger partial charge on any atom is 0.407 e. The number of likely N-dealkylation sites (N-methyl/N-ethyl adjacent to an activating group) is 1. The van der Waals surface area contributed by atoms with E-state index < -0.39 is 11.7 Å². The molecule has 0 bridgehead atoms. The summed E-state index contributed by atoms with van der Waals surface area (Å²) in [6.07, 6.45) is 5.21. The van der Waals surface area contributed by atoms with E-state index in [-0.39, 0.29) is 24.5 Å². The number of aromatic nitrogens is 3. The fraction of sp³-hybridized carbons (Fsp3) is 0.522. The second kappa shape index (κ2) is 9.10. The van der Waals surface area contributed by atoms with Crippen molar-refractivity contribution in [1.29, 1.82) is 0 Å². The predicted octanol–water partition coefficient (Wildman–Crippen LogP) is 3.53. The van der Waals surface area contributed by atoms with Crippen LogP contribution in [0.2, 0.25) is 0 Å². The van der Waals surface area contributed by atoms with Crippen LogP contribution >= 0.6 is 0 Å².